The van der Waals surface area contributed by atoms with Crippen LogP contribution < -0.4 is 9.64 Å². The lowest BCUT2D eigenvalue weighted by molar-refractivity contribution is 0.0745. The third-order valence-electron chi connectivity index (χ3n) is 5.00. The zero-order chi connectivity index (χ0) is 19.5. The highest BCUT2D eigenvalue weighted by molar-refractivity contribution is 7.99. The normalized spacial score (nSPS) is 19.7. The van der Waals surface area contributed by atoms with Gasteiger partial charge in [-0.05, 0) is 30.4 Å². The van der Waals surface area contributed by atoms with Crippen molar-refractivity contribution in [3.05, 3.63) is 52.1 Å². The van der Waals surface area contributed by atoms with Gasteiger partial charge in [-0.25, -0.2) is 4.98 Å². The molecule has 0 saturated carbocycles. The van der Waals surface area contributed by atoms with Gasteiger partial charge in [0.05, 0.1) is 15.7 Å². The SMILES string of the molecule is O=C(c1ccnc(O[C@H]2CCSC2)c1)N1CCN(c2cccc(Cl)c2Cl)CC1. The fourth-order valence-electron chi connectivity index (χ4n) is 3.45. The fourth-order valence-corrected chi connectivity index (χ4v) is 4.96. The van der Waals surface area contributed by atoms with Crippen LogP contribution in [0.2, 0.25) is 10.0 Å². The van der Waals surface area contributed by atoms with E-state index in [1.54, 1.807) is 24.4 Å². The van der Waals surface area contributed by atoms with Gasteiger partial charge in [-0.1, -0.05) is 29.3 Å². The highest BCUT2D eigenvalue weighted by Crippen LogP contribution is 2.33. The molecule has 3 heterocycles. The molecular formula is C20H21Cl2N3O2S. The second kappa shape index (κ2) is 8.80. The Morgan fingerprint density at radius 2 is 2.00 bits per heavy atom. The van der Waals surface area contributed by atoms with E-state index in [1.165, 1.54) is 0 Å². The molecule has 28 heavy (non-hydrogen) atoms. The summed E-state index contributed by atoms with van der Waals surface area (Å²) >= 11 is 14.3. The first-order valence-corrected chi connectivity index (χ1v) is 11.2. The van der Waals surface area contributed by atoms with Crippen molar-refractivity contribution in [2.45, 2.75) is 12.5 Å². The van der Waals surface area contributed by atoms with Crippen LogP contribution in [0.1, 0.15) is 16.8 Å². The number of amides is 1. The number of rotatable bonds is 4. The van der Waals surface area contributed by atoms with Crippen molar-refractivity contribution in [3.63, 3.8) is 0 Å². The molecule has 2 saturated heterocycles. The monoisotopic (exact) mass is 437 g/mol. The lowest BCUT2D eigenvalue weighted by Gasteiger charge is -2.36. The molecule has 0 N–H and O–H groups in total. The van der Waals surface area contributed by atoms with Crippen LogP contribution in [0.3, 0.4) is 0 Å². The summed E-state index contributed by atoms with van der Waals surface area (Å²) in [6, 6.07) is 9.13. The highest BCUT2D eigenvalue weighted by atomic mass is 35.5. The van der Waals surface area contributed by atoms with E-state index < -0.39 is 0 Å². The summed E-state index contributed by atoms with van der Waals surface area (Å²) < 4.78 is 5.91. The molecule has 5 nitrogen and oxygen atoms in total. The van der Waals surface area contributed by atoms with E-state index in [9.17, 15) is 4.79 Å². The van der Waals surface area contributed by atoms with E-state index in [1.807, 2.05) is 28.8 Å². The molecule has 0 spiro atoms. The fraction of sp³-hybridized carbons (Fsp3) is 0.400. The number of pyridine rings is 1. The van der Waals surface area contributed by atoms with Crippen LogP contribution in [-0.2, 0) is 0 Å². The number of anilines is 1. The Labute approximate surface area is 179 Å². The van der Waals surface area contributed by atoms with Gasteiger partial charge >= 0.3 is 0 Å². The van der Waals surface area contributed by atoms with Gasteiger partial charge in [0.15, 0.2) is 0 Å². The summed E-state index contributed by atoms with van der Waals surface area (Å²) in [5, 5.41) is 1.10. The Morgan fingerprint density at radius 3 is 2.75 bits per heavy atom. The van der Waals surface area contributed by atoms with Crippen LogP contribution >= 0.6 is 35.0 Å². The molecule has 8 heteroatoms. The maximum atomic E-state index is 12.9. The predicted octanol–water partition coefficient (Wildman–Crippen LogP) is 4.24. The summed E-state index contributed by atoms with van der Waals surface area (Å²) in [5.41, 5.74) is 1.53. The quantitative estimate of drug-likeness (QED) is 0.715. The topological polar surface area (TPSA) is 45.7 Å². The van der Waals surface area contributed by atoms with Crippen LogP contribution in [0.15, 0.2) is 36.5 Å². The molecule has 1 aromatic carbocycles. The number of hydrogen-bond donors (Lipinski definition) is 0. The van der Waals surface area contributed by atoms with Crippen molar-refractivity contribution in [1.29, 1.82) is 0 Å². The summed E-state index contributed by atoms with van der Waals surface area (Å²) in [4.78, 5) is 21.2. The molecule has 0 bridgehead atoms. The molecule has 2 fully saturated rings. The second-order valence-electron chi connectivity index (χ2n) is 6.84. The van der Waals surface area contributed by atoms with Crippen LogP contribution in [-0.4, -0.2) is 59.6 Å². The number of halogens is 2. The van der Waals surface area contributed by atoms with Gasteiger partial charge in [0.25, 0.3) is 5.91 Å². The Morgan fingerprint density at radius 1 is 1.18 bits per heavy atom. The lowest BCUT2D eigenvalue weighted by atomic mass is 10.2. The first kappa shape index (κ1) is 19.7. The number of thioether (sulfide) groups is 1. The zero-order valence-electron chi connectivity index (χ0n) is 15.3. The van der Waals surface area contributed by atoms with Gasteiger partial charge in [-0.2, -0.15) is 11.8 Å². The second-order valence-corrected chi connectivity index (χ2v) is 8.77. The smallest absolute Gasteiger partial charge is 0.254 e. The summed E-state index contributed by atoms with van der Waals surface area (Å²) in [6.45, 7) is 2.66. The molecular weight excluding hydrogens is 417 g/mol. The third-order valence-corrected chi connectivity index (χ3v) is 6.94. The summed E-state index contributed by atoms with van der Waals surface area (Å²) in [6.07, 6.45) is 2.86. The first-order chi connectivity index (χ1) is 13.6. The summed E-state index contributed by atoms with van der Waals surface area (Å²) in [7, 11) is 0. The van der Waals surface area contributed by atoms with E-state index in [-0.39, 0.29) is 12.0 Å². The Bertz CT molecular complexity index is 853. The van der Waals surface area contributed by atoms with Crippen molar-refractivity contribution in [3.8, 4) is 5.88 Å². The molecule has 2 aliphatic rings. The van der Waals surface area contributed by atoms with Crippen LogP contribution in [0.25, 0.3) is 0 Å². The van der Waals surface area contributed by atoms with Gasteiger partial charge in [0.1, 0.15) is 6.10 Å². The van der Waals surface area contributed by atoms with Crippen LogP contribution in [0.4, 0.5) is 5.69 Å². The lowest BCUT2D eigenvalue weighted by Crippen LogP contribution is -2.48. The molecule has 4 rings (SSSR count). The first-order valence-electron chi connectivity index (χ1n) is 9.30. The van der Waals surface area contributed by atoms with E-state index in [0.717, 1.165) is 23.6 Å². The third kappa shape index (κ3) is 4.34. The van der Waals surface area contributed by atoms with Gasteiger partial charge < -0.3 is 14.5 Å². The van der Waals surface area contributed by atoms with Gasteiger partial charge in [-0.15, -0.1) is 0 Å². The van der Waals surface area contributed by atoms with E-state index in [2.05, 4.69) is 9.88 Å². The van der Waals surface area contributed by atoms with Crippen molar-refractivity contribution < 1.29 is 9.53 Å². The molecule has 0 unspecified atom stereocenters. The van der Waals surface area contributed by atoms with Crippen molar-refractivity contribution in [1.82, 2.24) is 9.88 Å². The minimum atomic E-state index is 0.00453. The zero-order valence-corrected chi connectivity index (χ0v) is 17.6. The highest BCUT2D eigenvalue weighted by Gasteiger charge is 2.25. The Kier molecular flexibility index (Phi) is 6.19. The van der Waals surface area contributed by atoms with Crippen molar-refractivity contribution in [2.24, 2.45) is 0 Å². The Balaban J connectivity index is 1.39. The predicted molar refractivity (Wildman–Crippen MR) is 115 cm³/mol. The number of hydrogen-bond acceptors (Lipinski definition) is 5. The Hall–Kier alpha value is -1.63. The molecule has 1 amide bonds. The number of carbonyl (C=O) groups is 1. The van der Waals surface area contributed by atoms with Crippen LogP contribution in [0.5, 0.6) is 5.88 Å². The van der Waals surface area contributed by atoms with E-state index >= 15 is 0 Å². The van der Waals surface area contributed by atoms with E-state index in [0.29, 0.717) is 47.7 Å². The van der Waals surface area contributed by atoms with Crippen molar-refractivity contribution >= 4 is 46.6 Å². The van der Waals surface area contributed by atoms with Crippen molar-refractivity contribution in [2.75, 3.05) is 42.6 Å². The minimum absolute atomic E-state index is 0.00453. The standard InChI is InChI=1S/C20H21Cl2N3O2S/c21-16-2-1-3-17(19(16)22)24-7-9-25(10-8-24)20(26)14-4-6-23-18(12-14)27-15-5-11-28-13-15/h1-4,6,12,15H,5,7-11,13H2/t15-/m0/s1. The average Bonchev–Trinajstić information content (AvgIpc) is 3.23. The maximum Gasteiger partial charge on any atom is 0.254 e. The summed E-state index contributed by atoms with van der Waals surface area (Å²) in [5.74, 6) is 2.63. The number of benzene rings is 1. The largest absolute Gasteiger partial charge is 0.473 e. The van der Waals surface area contributed by atoms with Gasteiger partial charge in [0.2, 0.25) is 5.88 Å². The number of piperazine rings is 1. The number of aromatic nitrogens is 1. The molecule has 0 aliphatic carbocycles. The van der Waals surface area contributed by atoms with Crippen LogP contribution in [0, 0.1) is 0 Å². The number of ether oxygens (including phenoxy) is 1. The molecule has 2 aliphatic heterocycles. The molecule has 1 atom stereocenters. The minimum Gasteiger partial charge on any atom is -0.473 e. The van der Waals surface area contributed by atoms with E-state index in [4.69, 9.17) is 27.9 Å². The average molecular weight is 438 g/mol. The molecule has 2 aromatic rings. The number of carbonyl (C=O) groups excluding carboxylic acids is 1. The maximum absolute atomic E-state index is 12.9. The van der Waals surface area contributed by atoms with Gasteiger partial charge in [-0.3, -0.25) is 4.79 Å². The molecule has 1 aromatic heterocycles. The number of nitrogens with zero attached hydrogens (tertiary/aromatic N) is 3. The molecule has 148 valence electrons. The molecule has 0 radical (unpaired) electrons. The van der Waals surface area contributed by atoms with Gasteiger partial charge in [0, 0.05) is 49.8 Å².